The van der Waals surface area contributed by atoms with Gasteiger partial charge in [0.2, 0.25) is 0 Å². The lowest BCUT2D eigenvalue weighted by atomic mass is 9.86. The topological polar surface area (TPSA) is 59.6 Å². The van der Waals surface area contributed by atoms with E-state index in [1.54, 1.807) is 0 Å². The van der Waals surface area contributed by atoms with E-state index in [0.717, 1.165) is 38.1 Å². The maximum atomic E-state index is 5.83. The van der Waals surface area contributed by atoms with Gasteiger partial charge in [-0.3, -0.25) is 4.99 Å². The summed E-state index contributed by atoms with van der Waals surface area (Å²) in [6.07, 6.45) is 7.61. The molecule has 0 bridgehead atoms. The lowest BCUT2D eigenvalue weighted by Crippen LogP contribution is -2.34. The van der Waals surface area contributed by atoms with E-state index in [0.29, 0.717) is 5.96 Å². The van der Waals surface area contributed by atoms with Crippen molar-refractivity contribution < 1.29 is 4.74 Å². The molecule has 0 radical (unpaired) electrons. The first-order valence-corrected chi connectivity index (χ1v) is 6.96. The van der Waals surface area contributed by atoms with Crippen molar-refractivity contribution in [2.45, 2.75) is 38.5 Å². The molecule has 0 aromatic heterocycles. The van der Waals surface area contributed by atoms with Crippen LogP contribution in [0.5, 0.6) is 0 Å². The van der Waals surface area contributed by atoms with Crippen LogP contribution in [0, 0.1) is 11.8 Å². The minimum Gasteiger partial charge on any atom is -0.381 e. The molecule has 1 aliphatic heterocycles. The van der Waals surface area contributed by atoms with Gasteiger partial charge in [-0.15, -0.1) is 0 Å². The Bertz CT molecular complexity index is 245. The van der Waals surface area contributed by atoms with E-state index in [1.165, 1.54) is 38.5 Å². The lowest BCUT2D eigenvalue weighted by molar-refractivity contribution is 0.0643. The number of ether oxygens (including phenoxy) is 1. The third kappa shape index (κ3) is 4.54. The van der Waals surface area contributed by atoms with Crippen molar-refractivity contribution in [3.8, 4) is 0 Å². The lowest BCUT2D eigenvalue weighted by Gasteiger charge is -2.23. The van der Waals surface area contributed by atoms with Crippen LogP contribution in [0.1, 0.15) is 38.5 Å². The third-order valence-corrected chi connectivity index (χ3v) is 3.94. The highest BCUT2D eigenvalue weighted by Crippen LogP contribution is 2.26. The summed E-state index contributed by atoms with van der Waals surface area (Å²) in [7, 11) is 0. The Morgan fingerprint density at radius 3 is 2.59 bits per heavy atom. The van der Waals surface area contributed by atoms with Crippen molar-refractivity contribution in [2.24, 2.45) is 22.6 Å². The van der Waals surface area contributed by atoms with Crippen LogP contribution in [0.3, 0.4) is 0 Å². The molecule has 98 valence electrons. The number of nitrogens with zero attached hydrogens (tertiary/aromatic N) is 1. The van der Waals surface area contributed by atoms with Crippen LogP contribution in [0.15, 0.2) is 4.99 Å². The summed E-state index contributed by atoms with van der Waals surface area (Å²) in [6, 6.07) is 0. The predicted molar refractivity (Wildman–Crippen MR) is 70.0 cm³/mol. The summed E-state index contributed by atoms with van der Waals surface area (Å²) < 4.78 is 5.34. The van der Waals surface area contributed by atoms with Gasteiger partial charge < -0.3 is 15.8 Å². The second-order valence-electron chi connectivity index (χ2n) is 5.29. The van der Waals surface area contributed by atoms with Gasteiger partial charge in [-0.2, -0.15) is 0 Å². The van der Waals surface area contributed by atoms with Crippen LogP contribution in [0.2, 0.25) is 0 Å². The Hall–Kier alpha value is -0.770. The highest BCUT2D eigenvalue weighted by atomic mass is 16.5. The van der Waals surface area contributed by atoms with E-state index in [1.807, 2.05) is 0 Å². The first-order chi connectivity index (χ1) is 8.34. The van der Waals surface area contributed by atoms with Crippen molar-refractivity contribution in [2.75, 3.05) is 26.3 Å². The highest BCUT2D eigenvalue weighted by Gasteiger charge is 2.16. The van der Waals surface area contributed by atoms with Gasteiger partial charge >= 0.3 is 0 Å². The molecule has 2 fully saturated rings. The summed E-state index contributed by atoms with van der Waals surface area (Å²) in [5.41, 5.74) is 5.83. The molecule has 2 rings (SSSR count). The number of nitrogens with two attached hydrogens (primary N) is 1. The standard InChI is InChI=1S/C13H25N3O/c14-13(16-10-12-2-1-3-12)15-7-4-11-5-8-17-9-6-11/h11-12H,1-10H2,(H3,14,15,16). The molecule has 0 unspecified atom stereocenters. The number of rotatable bonds is 5. The maximum absolute atomic E-state index is 5.83. The smallest absolute Gasteiger partial charge is 0.188 e. The molecule has 1 saturated carbocycles. The molecule has 17 heavy (non-hydrogen) atoms. The molecule has 2 aliphatic rings. The fourth-order valence-electron chi connectivity index (χ4n) is 2.40. The minimum absolute atomic E-state index is 0.629. The molecule has 0 spiro atoms. The number of nitrogens with one attached hydrogen (secondary N) is 1. The zero-order valence-corrected chi connectivity index (χ0v) is 10.7. The Kier molecular flexibility index (Phi) is 5.10. The molecule has 0 aromatic carbocycles. The fourth-order valence-corrected chi connectivity index (χ4v) is 2.40. The number of aliphatic imine (C=N–C) groups is 1. The van der Waals surface area contributed by atoms with Crippen LogP contribution >= 0.6 is 0 Å². The van der Waals surface area contributed by atoms with Gasteiger partial charge in [0.15, 0.2) is 5.96 Å². The maximum Gasteiger partial charge on any atom is 0.188 e. The minimum atomic E-state index is 0.629. The number of hydrogen-bond acceptors (Lipinski definition) is 2. The summed E-state index contributed by atoms with van der Waals surface area (Å²) in [4.78, 5) is 4.39. The first kappa shape index (κ1) is 12.7. The van der Waals surface area contributed by atoms with E-state index in [-0.39, 0.29) is 0 Å². The van der Waals surface area contributed by atoms with Crippen molar-refractivity contribution in [1.82, 2.24) is 5.32 Å². The van der Waals surface area contributed by atoms with Crippen molar-refractivity contribution in [3.05, 3.63) is 0 Å². The van der Waals surface area contributed by atoms with Gasteiger partial charge in [0, 0.05) is 26.3 Å². The SMILES string of the molecule is NC(=NCC1CCC1)NCCC1CCOCC1. The first-order valence-electron chi connectivity index (χ1n) is 6.96. The van der Waals surface area contributed by atoms with Gasteiger partial charge in [0.05, 0.1) is 0 Å². The highest BCUT2D eigenvalue weighted by molar-refractivity contribution is 5.77. The van der Waals surface area contributed by atoms with E-state index in [2.05, 4.69) is 10.3 Å². The van der Waals surface area contributed by atoms with Gasteiger partial charge in [-0.1, -0.05) is 6.42 Å². The van der Waals surface area contributed by atoms with E-state index in [4.69, 9.17) is 10.5 Å². The molecule has 0 amide bonds. The Morgan fingerprint density at radius 2 is 1.94 bits per heavy atom. The molecule has 1 aliphatic carbocycles. The zero-order chi connectivity index (χ0) is 11.9. The average molecular weight is 239 g/mol. The molecule has 1 heterocycles. The third-order valence-electron chi connectivity index (χ3n) is 3.94. The quantitative estimate of drug-likeness (QED) is 0.565. The van der Waals surface area contributed by atoms with Crippen LogP contribution in [-0.4, -0.2) is 32.3 Å². The molecule has 4 nitrogen and oxygen atoms in total. The van der Waals surface area contributed by atoms with E-state index >= 15 is 0 Å². The number of hydrogen-bond donors (Lipinski definition) is 2. The molecule has 0 atom stereocenters. The van der Waals surface area contributed by atoms with Gasteiger partial charge in [0.25, 0.3) is 0 Å². The van der Waals surface area contributed by atoms with E-state index in [9.17, 15) is 0 Å². The second kappa shape index (κ2) is 6.84. The Labute approximate surface area is 104 Å². The molecule has 0 aromatic rings. The fraction of sp³-hybridized carbons (Fsp3) is 0.923. The molecule has 3 N–H and O–H groups in total. The molecular formula is C13H25N3O. The van der Waals surface area contributed by atoms with Gasteiger partial charge in [-0.05, 0) is 43.9 Å². The van der Waals surface area contributed by atoms with Crippen LogP contribution in [-0.2, 0) is 4.74 Å². The molecule has 1 saturated heterocycles. The monoisotopic (exact) mass is 239 g/mol. The second-order valence-corrected chi connectivity index (χ2v) is 5.29. The largest absolute Gasteiger partial charge is 0.381 e. The van der Waals surface area contributed by atoms with Crippen LogP contribution in [0.25, 0.3) is 0 Å². The molecule has 4 heteroatoms. The summed E-state index contributed by atoms with van der Waals surface area (Å²) >= 11 is 0. The van der Waals surface area contributed by atoms with Crippen LogP contribution in [0.4, 0.5) is 0 Å². The normalized spacial score (nSPS) is 23.4. The Balaban J connectivity index is 1.53. The van der Waals surface area contributed by atoms with Crippen molar-refractivity contribution in [3.63, 3.8) is 0 Å². The predicted octanol–water partition coefficient (Wildman–Crippen LogP) is 1.51. The summed E-state index contributed by atoms with van der Waals surface area (Å²) in [5, 5.41) is 3.22. The number of guanidine groups is 1. The Morgan fingerprint density at radius 1 is 1.18 bits per heavy atom. The average Bonchev–Trinajstić information content (AvgIpc) is 2.28. The van der Waals surface area contributed by atoms with Crippen LogP contribution < -0.4 is 11.1 Å². The molecular weight excluding hydrogens is 214 g/mol. The van der Waals surface area contributed by atoms with Gasteiger partial charge in [0.1, 0.15) is 0 Å². The summed E-state index contributed by atoms with van der Waals surface area (Å²) in [6.45, 7) is 3.71. The van der Waals surface area contributed by atoms with Crippen molar-refractivity contribution in [1.29, 1.82) is 0 Å². The van der Waals surface area contributed by atoms with Crippen molar-refractivity contribution >= 4 is 5.96 Å². The van der Waals surface area contributed by atoms with Gasteiger partial charge in [-0.25, -0.2) is 0 Å². The van der Waals surface area contributed by atoms with E-state index < -0.39 is 0 Å². The summed E-state index contributed by atoms with van der Waals surface area (Å²) in [5.74, 6) is 2.23. The zero-order valence-electron chi connectivity index (χ0n) is 10.7.